The van der Waals surface area contributed by atoms with Crippen LogP contribution in [0.3, 0.4) is 0 Å². The van der Waals surface area contributed by atoms with E-state index in [1.807, 2.05) is 24.3 Å². The third-order valence-corrected chi connectivity index (χ3v) is 9.23. The molecule has 0 aliphatic carbocycles. The van der Waals surface area contributed by atoms with E-state index in [1.165, 1.54) is 21.8 Å². The fourth-order valence-corrected chi connectivity index (χ4v) is 6.80. The van der Waals surface area contributed by atoms with Crippen LogP contribution in [0.2, 0.25) is 0 Å². The lowest BCUT2D eigenvalue weighted by Gasteiger charge is -2.35. The van der Waals surface area contributed by atoms with Crippen LogP contribution in [0, 0.1) is 0 Å². The molecule has 0 radical (unpaired) electrons. The second-order valence-corrected chi connectivity index (χ2v) is 13.2. The second kappa shape index (κ2) is 10.1. The molecule has 3 aliphatic heterocycles. The Morgan fingerprint density at radius 2 is 1.85 bits per heavy atom. The third-order valence-electron chi connectivity index (χ3n) is 7.49. The van der Waals surface area contributed by atoms with Crippen LogP contribution < -0.4 is 24.6 Å². The number of ether oxygens (including phenoxy) is 1. The van der Waals surface area contributed by atoms with Crippen LogP contribution in [0.5, 0.6) is 5.75 Å². The molecule has 1 saturated heterocycles. The molecular weight excluding hydrogens is 582 g/mol. The highest BCUT2D eigenvalue weighted by Gasteiger charge is 2.30. The number of nitrogens with zero attached hydrogens (tertiary/aromatic N) is 5. The average Bonchev–Trinajstić information content (AvgIpc) is 3.51. The smallest absolute Gasteiger partial charge is 0.232 e. The van der Waals surface area contributed by atoms with Crippen molar-refractivity contribution in [3.8, 4) is 5.75 Å². The van der Waals surface area contributed by atoms with Gasteiger partial charge in [0.25, 0.3) is 0 Å². The van der Waals surface area contributed by atoms with Crippen molar-refractivity contribution in [2.24, 2.45) is 0 Å². The maximum absolute atomic E-state index is 12.4. The van der Waals surface area contributed by atoms with Gasteiger partial charge in [0.15, 0.2) is 0 Å². The molecule has 1 fully saturated rings. The number of piperazine rings is 1. The molecule has 10 nitrogen and oxygen atoms in total. The van der Waals surface area contributed by atoms with Gasteiger partial charge in [-0.05, 0) is 60.1 Å². The van der Waals surface area contributed by atoms with E-state index in [1.54, 1.807) is 6.20 Å². The summed E-state index contributed by atoms with van der Waals surface area (Å²) in [5.41, 5.74) is 5.60. The minimum Gasteiger partial charge on any atom is -0.488 e. The van der Waals surface area contributed by atoms with Crippen molar-refractivity contribution in [2.45, 2.75) is 25.9 Å². The summed E-state index contributed by atoms with van der Waals surface area (Å²) in [6.45, 7) is 6.59. The van der Waals surface area contributed by atoms with Gasteiger partial charge in [0.1, 0.15) is 17.7 Å². The lowest BCUT2D eigenvalue weighted by molar-refractivity contribution is 0.256. The number of sulfonamides is 1. The Morgan fingerprint density at radius 1 is 1.05 bits per heavy atom. The summed E-state index contributed by atoms with van der Waals surface area (Å²) in [7, 11) is -1.24. The van der Waals surface area contributed by atoms with E-state index in [9.17, 15) is 8.42 Å². The Labute approximate surface area is 237 Å². The highest BCUT2D eigenvalue weighted by atomic mass is 79.9. The van der Waals surface area contributed by atoms with Gasteiger partial charge in [-0.15, -0.1) is 0 Å². The van der Waals surface area contributed by atoms with Gasteiger partial charge in [0, 0.05) is 56.6 Å². The van der Waals surface area contributed by atoms with Gasteiger partial charge in [-0.3, -0.25) is 4.31 Å². The summed E-state index contributed by atoms with van der Waals surface area (Å²) in [6, 6.07) is 9.95. The number of para-hydroxylation sites is 1. The molecule has 206 valence electrons. The third kappa shape index (κ3) is 5.12. The zero-order valence-corrected chi connectivity index (χ0v) is 24.6. The first-order chi connectivity index (χ1) is 18.7. The predicted octanol–water partition coefficient (Wildman–Crippen LogP) is 4.12. The summed E-state index contributed by atoms with van der Waals surface area (Å²) >= 11 is 3.54. The lowest BCUT2D eigenvalue weighted by Crippen LogP contribution is -2.44. The first-order valence-corrected chi connectivity index (χ1v) is 15.7. The lowest BCUT2D eigenvalue weighted by atomic mass is 10.0. The molecule has 3 aliphatic rings. The van der Waals surface area contributed by atoms with Gasteiger partial charge in [-0.2, -0.15) is 4.98 Å². The first kappa shape index (κ1) is 26.1. The zero-order chi connectivity index (χ0) is 27.3. The normalized spacial score (nSPS) is 19.0. The summed E-state index contributed by atoms with van der Waals surface area (Å²) in [6.07, 6.45) is 4.53. The molecule has 0 amide bonds. The number of hydrogen-bond acceptors (Lipinski definition) is 9. The van der Waals surface area contributed by atoms with Crippen molar-refractivity contribution < 1.29 is 13.2 Å². The molecule has 1 aromatic heterocycles. The average molecular weight is 615 g/mol. The molecule has 0 spiro atoms. The van der Waals surface area contributed by atoms with Crippen molar-refractivity contribution in [1.82, 2.24) is 14.9 Å². The van der Waals surface area contributed by atoms with Crippen LogP contribution in [0.15, 0.2) is 41.0 Å². The standard InChI is InChI=1S/C27H32BrN7O3S/c1-17-15-19-23(34-13-11-33(2)12-14-34)8-7-22(25(19)38-17)31-27-29-16-20(28)26(32-27)30-21-6-4-5-18-9-10-35(24(18)21)39(3,36)37/h4-8,16-17H,9-15H2,1-3H3,(H2,29,30,31,32). The van der Waals surface area contributed by atoms with Gasteiger partial charge in [-0.1, -0.05) is 12.1 Å². The number of halogens is 1. The highest BCUT2D eigenvalue weighted by molar-refractivity contribution is 9.10. The quantitative estimate of drug-likeness (QED) is 0.425. The maximum atomic E-state index is 12.4. The molecule has 1 unspecified atom stereocenters. The number of likely N-dealkylation sites (N-methyl/N-ethyl adjacent to an activating group) is 1. The number of anilines is 6. The molecule has 2 N–H and O–H groups in total. The van der Waals surface area contributed by atoms with E-state index < -0.39 is 10.0 Å². The van der Waals surface area contributed by atoms with Crippen molar-refractivity contribution >= 4 is 60.5 Å². The number of benzene rings is 2. The molecule has 4 heterocycles. The number of fused-ring (bicyclic) bond motifs is 2. The summed E-state index contributed by atoms with van der Waals surface area (Å²) in [5, 5.41) is 6.69. The SMILES string of the molecule is CC1Cc2c(N3CCN(C)CC3)ccc(Nc3ncc(Br)c(Nc4cccc5c4N(S(C)(=O)=O)CC5)n3)c2O1. The first-order valence-electron chi connectivity index (χ1n) is 13.1. The van der Waals surface area contributed by atoms with Gasteiger partial charge in [-0.25, -0.2) is 13.4 Å². The summed E-state index contributed by atoms with van der Waals surface area (Å²) in [5.74, 6) is 1.79. The fraction of sp³-hybridized carbons (Fsp3) is 0.407. The molecule has 6 rings (SSSR count). The number of aromatic nitrogens is 2. The van der Waals surface area contributed by atoms with Gasteiger partial charge >= 0.3 is 0 Å². The molecular formula is C27H32BrN7O3S. The van der Waals surface area contributed by atoms with Gasteiger partial charge < -0.3 is 25.2 Å². The Hall–Kier alpha value is -3.09. The van der Waals surface area contributed by atoms with E-state index in [0.717, 1.165) is 49.6 Å². The molecule has 2 aromatic carbocycles. The van der Waals surface area contributed by atoms with Crippen molar-refractivity contribution in [2.75, 3.05) is 65.9 Å². The minimum atomic E-state index is -3.40. The highest BCUT2D eigenvalue weighted by Crippen LogP contribution is 2.44. The predicted molar refractivity (Wildman–Crippen MR) is 159 cm³/mol. The Kier molecular flexibility index (Phi) is 6.80. The molecule has 39 heavy (non-hydrogen) atoms. The molecule has 0 saturated carbocycles. The van der Waals surface area contributed by atoms with Crippen molar-refractivity contribution in [3.05, 3.63) is 52.1 Å². The van der Waals surface area contributed by atoms with E-state index in [0.29, 0.717) is 40.6 Å². The van der Waals surface area contributed by atoms with E-state index >= 15 is 0 Å². The monoisotopic (exact) mass is 613 g/mol. The van der Waals surface area contributed by atoms with Crippen LogP contribution >= 0.6 is 15.9 Å². The minimum absolute atomic E-state index is 0.0928. The van der Waals surface area contributed by atoms with Gasteiger partial charge in [0.2, 0.25) is 16.0 Å². The maximum Gasteiger partial charge on any atom is 0.232 e. The van der Waals surface area contributed by atoms with Gasteiger partial charge in [0.05, 0.1) is 27.8 Å². The molecule has 0 bridgehead atoms. The van der Waals surface area contributed by atoms with E-state index in [-0.39, 0.29) is 6.10 Å². The number of rotatable bonds is 6. The Balaban J connectivity index is 1.29. The number of nitrogens with one attached hydrogen (secondary N) is 2. The van der Waals surface area contributed by atoms with Crippen LogP contribution in [-0.4, -0.2) is 75.4 Å². The van der Waals surface area contributed by atoms with Crippen molar-refractivity contribution in [1.29, 1.82) is 0 Å². The largest absolute Gasteiger partial charge is 0.488 e. The van der Waals surface area contributed by atoms with Crippen LogP contribution in [0.1, 0.15) is 18.1 Å². The van der Waals surface area contributed by atoms with E-state index in [2.05, 4.69) is 61.4 Å². The van der Waals surface area contributed by atoms with Crippen LogP contribution in [0.4, 0.5) is 34.5 Å². The Bertz CT molecular complexity index is 1530. The van der Waals surface area contributed by atoms with Crippen LogP contribution in [-0.2, 0) is 22.9 Å². The van der Waals surface area contributed by atoms with E-state index in [4.69, 9.17) is 9.72 Å². The zero-order valence-electron chi connectivity index (χ0n) is 22.2. The fourth-order valence-electron chi connectivity index (χ4n) is 5.54. The molecule has 3 aromatic rings. The Morgan fingerprint density at radius 3 is 2.62 bits per heavy atom. The molecule has 12 heteroatoms. The topological polar surface area (TPSA) is 103 Å². The summed E-state index contributed by atoms with van der Waals surface area (Å²) < 4.78 is 33.2. The summed E-state index contributed by atoms with van der Waals surface area (Å²) in [4.78, 5) is 14.0. The van der Waals surface area contributed by atoms with Crippen LogP contribution in [0.25, 0.3) is 0 Å². The van der Waals surface area contributed by atoms with Crippen molar-refractivity contribution in [3.63, 3.8) is 0 Å². The number of hydrogen-bond donors (Lipinski definition) is 2. The second-order valence-electron chi connectivity index (χ2n) is 10.4. The molecule has 1 atom stereocenters.